The molecule has 0 spiro atoms. The largest absolute Gasteiger partial charge is 0.361 e. The molecular formula is C22H24ClN3O2S2. The third-order valence-electron chi connectivity index (χ3n) is 5.01. The van der Waals surface area contributed by atoms with Gasteiger partial charge in [-0.25, -0.2) is 0 Å². The lowest BCUT2D eigenvalue weighted by Gasteiger charge is -2.25. The summed E-state index contributed by atoms with van der Waals surface area (Å²) < 4.78 is 1.13. The van der Waals surface area contributed by atoms with E-state index in [1.54, 1.807) is 28.0 Å². The monoisotopic (exact) mass is 461 g/mol. The number of benzene rings is 1. The van der Waals surface area contributed by atoms with Crippen molar-refractivity contribution in [3.8, 4) is 0 Å². The van der Waals surface area contributed by atoms with Crippen LogP contribution < -0.4 is 10.2 Å². The molecule has 0 radical (unpaired) electrons. The Hall–Kier alpha value is -1.96. The predicted molar refractivity (Wildman–Crippen MR) is 126 cm³/mol. The molecule has 0 fully saturated rings. The maximum absolute atomic E-state index is 12.6. The van der Waals surface area contributed by atoms with Gasteiger partial charge < -0.3 is 15.2 Å². The van der Waals surface area contributed by atoms with Crippen LogP contribution in [0.2, 0.25) is 5.02 Å². The van der Waals surface area contributed by atoms with Crippen LogP contribution in [0.25, 0.3) is 10.9 Å². The number of carbonyl (C=O) groups excluding carboxylic acids is 2. The topological polar surface area (TPSA) is 65.2 Å². The van der Waals surface area contributed by atoms with Crippen LogP contribution in [-0.4, -0.2) is 35.6 Å². The molecule has 0 atom stereocenters. The van der Waals surface area contributed by atoms with Crippen molar-refractivity contribution in [1.29, 1.82) is 0 Å². The van der Waals surface area contributed by atoms with E-state index in [9.17, 15) is 9.59 Å². The van der Waals surface area contributed by atoms with Crippen molar-refractivity contribution in [2.45, 2.75) is 30.9 Å². The highest BCUT2D eigenvalue weighted by atomic mass is 35.5. The van der Waals surface area contributed by atoms with E-state index in [1.807, 2.05) is 24.4 Å². The quantitative estimate of drug-likeness (QED) is 0.527. The molecule has 0 unspecified atom stereocenters. The molecule has 4 rings (SSSR count). The molecule has 3 aromatic rings. The number of rotatable bonds is 7. The summed E-state index contributed by atoms with van der Waals surface area (Å²) in [5.74, 6) is 0.790. The van der Waals surface area contributed by atoms with Gasteiger partial charge in [0.1, 0.15) is 6.54 Å². The maximum atomic E-state index is 12.6. The molecule has 0 aliphatic carbocycles. The number of nitrogens with one attached hydrogen (secondary N) is 2. The predicted octanol–water partition coefficient (Wildman–Crippen LogP) is 4.88. The van der Waals surface area contributed by atoms with Crippen LogP contribution in [0.3, 0.4) is 0 Å². The van der Waals surface area contributed by atoms with E-state index >= 15 is 0 Å². The number of hydrogen-bond donors (Lipinski definition) is 2. The van der Waals surface area contributed by atoms with Gasteiger partial charge in [0.05, 0.1) is 15.6 Å². The lowest BCUT2D eigenvalue weighted by molar-refractivity contribution is -0.122. The minimum atomic E-state index is -0.143. The van der Waals surface area contributed by atoms with Crippen LogP contribution in [0.15, 0.2) is 34.7 Å². The number of amides is 2. The molecule has 5 nitrogen and oxygen atoms in total. The number of thioether (sulfide) groups is 1. The summed E-state index contributed by atoms with van der Waals surface area (Å²) in [6.45, 7) is 4.93. The number of aromatic amines is 1. The van der Waals surface area contributed by atoms with E-state index in [0.29, 0.717) is 29.7 Å². The maximum Gasteiger partial charge on any atom is 0.240 e. The van der Waals surface area contributed by atoms with Crippen molar-refractivity contribution < 1.29 is 9.59 Å². The fourth-order valence-electron chi connectivity index (χ4n) is 3.61. The summed E-state index contributed by atoms with van der Waals surface area (Å²) in [6.07, 6.45) is 3.63. The van der Waals surface area contributed by atoms with Crippen LogP contribution in [-0.2, 0) is 22.4 Å². The summed E-state index contributed by atoms with van der Waals surface area (Å²) in [5, 5.41) is 4.72. The zero-order chi connectivity index (χ0) is 21.3. The van der Waals surface area contributed by atoms with Gasteiger partial charge in [-0.05, 0) is 48.6 Å². The Labute approximate surface area is 189 Å². The fraction of sp³-hybridized carbons (Fsp3) is 0.364. The lowest BCUT2D eigenvalue weighted by atomic mass is 10.1. The van der Waals surface area contributed by atoms with Crippen LogP contribution in [0.1, 0.15) is 24.3 Å². The Morgan fingerprint density at radius 3 is 2.97 bits per heavy atom. The zero-order valence-electron chi connectivity index (χ0n) is 17.0. The van der Waals surface area contributed by atoms with Gasteiger partial charge in [-0.15, -0.1) is 23.1 Å². The highest BCUT2D eigenvalue weighted by molar-refractivity contribution is 8.02. The number of hydrogen-bond acceptors (Lipinski definition) is 4. The Bertz CT molecular complexity index is 1090. The van der Waals surface area contributed by atoms with Crippen molar-refractivity contribution in [3.63, 3.8) is 0 Å². The fourth-order valence-corrected chi connectivity index (χ4v) is 6.35. The number of carbonyl (C=O) groups is 2. The Balaban J connectivity index is 1.37. The van der Waals surface area contributed by atoms with E-state index in [2.05, 4.69) is 30.2 Å². The molecule has 30 heavy (non-hydrogen) atoms. The molecule has 0 saturated carbocycles. The highest BCUT2D eigenvalue weighted by Gasteiger charge is 2.28. The first-order valence-electron chi connectivity index (χ1n) is 9.99. The third-order valence-corrected chi connectivity index (χ3v) is 7.65. The summed E-state index contributed by atoms with van der Waals surface area (Å²) in [5.41, 5.74) is 3.02. The number of thiophene rings is 1. The number of H-pyrrole nitrogens is 1. The van der Waals surface area contributed by atoms with E-state index < -0.39 is 0 Å². The first-order chi connectivity index (χ1) is 14.4. The number of fused-ring (bicyclic) bond motifs is 2. The van der Waals surface area contributed by atoms with Crippen LogP contribution >= 0.6 is 34.7 Å². The van der Waals surface area contributed by atoms with Crippen LogP contribution in [0.4, 0.5) is 5.69 Å². The Morgan fingerprint density at radius 1 is 1.33 bits per heavy atom. The van der Waals surface area contributed by atoms with E-state index in [-0.39, 0.29) is 18.4 Å². The third kappa shape index (κ3) is 4.68. The lowest BCUT2D eigenvalue weighted by Crippen LogP contribution is -2.43. The summed E-state index contributed by atoms with van der Waals surface area (Å²) in [6, 6.07) is 7.81. The molecule has 1 aromatic carbocycles. The Morgan fingerprint density at radius 2 is 2.17 bits per heavy atom. The molecule has 1 aliphatic heterocycles. The second kappa shape index (κ2) is 9.04. The first-order valence-corrected chi connectivity index (χ1v) is 12.2. The van der Waals surface area contributed by atoms with Crippen molar-refractivity contribution in [2.24, 2.45) is 5.92 Å². The van der Waals surface area contributed by atoms with Crippen molar-refractivity contribution in [3.05, 3.63) is 45.9 Å². The number of anilines is 1. The number of halogens is 1. The Kier molecular flexibility index (Phi) is 6.41. The van der Waals surface area contributed by atoms with Gasteiger partial charge in [0.25, 0.3) is 0 Å². The average molecular weight is 462 g/mol. The van der Waals surface area contributed by atoms with E-state index in [4.69, 9.17) is 11.6 Å². The van der Waals surface area contributed by atoms with Crippen LogP contribution in [0, 0.1) is 5.92 Å². The molecule has 1 aliphatic rings. The van der Waals surface area contributed by atoms with Gasteiger partial charge in [0.15, 0.2) is 0 Å². The molecule has 158 valence electrons. The smallest absolute Gasteiger partial charge is 0.240 e. The summed E-state index contributed by atoms with van der Waals surface area (Å²) in [7, 11) is 0. The molecule has 0 bridgehead atoms. The normalized spacial score (nSPS) is 13.9. The zero-order valence-corrected chi connectivity index (χ0v) is 19.3. The second-order valence-corrected chi connectivity index (χ2v) is 10.7. The molecular weight excluding hydrogens is 438 g/mol. The van der Waals surface area contributed by atoms with Gasteiger partial charge >= 0.3 is 0 Å². The number of nitrogens with zero attached hydrogens (tertiary/aromatic N) is 1. The van der Waals surface area contributed by atoms with Crippen molar-refractivity contribution >= 4 is 63.1 Å². The standard InChI is InChI=1S/C22H24ClN3O2S2/c1-13(2)7-16-9-19-22(30-16)29-12-21(28)26(19)11-20(27)24-6-5-14-10-25-18-4-3-15(23)8-17(14)18/h3-4,8-10,13,25H,5-7,11-12H2,1-2H3,(H,24,27). The average Bonchev–Trinajstić information content (AvgIpc) is 3.27. The van der Waals surface area contributed by atoms with Gasteiger partial charge in [-0.2, -0.15) is 0 Å². The van der Waals surface area contributed by atoms with Gasteiger partial charge in [-0.1, -0.05) is 25.4 Å². The van der Waals surface area contributed by atoms with E-state index in [1.165, 1.54) is 4.88 Å². The van der Waals surface area contributed by atoms with Crippen LogP contribution in [0.5, 0.6) is 0 Å². The van der Waals surface area contributed by atoms with Gasteiger partial charge in [0, 0.05) is 33.5 Å². The summed E-state index contributed by atoms with van der Waals surface area (Å²) >= 11 is 9.42. The van der Waals surface area contributed by atoms with Crippen molar-refractivity contribution in [1.82, 2.24) is 10.3 Å². The van der Waals surface area contributed by atoms with E-state index in [0.717, 1.165) is 32.8 Å². The number of aromatic nitrogens is 1. The molecule has 2 N–H and O–H groups in total. The first kappa shape index (κ1) is 21.3. The summed E-state index contributed by atoms with van der Waals surface area (Å²) in [4.78, 5) is 31.2. The second-order valence-electron chi connectivity index (χ2n) is 7.86. The van der Waals surface area contributed by atoms with Gasteiger partial charge in [0.2, 0.25) is 11.8 Å². The van der Waals surface area contributed by atoms with Crippen molar-refractivity contribution in [2.75, 3.05) is 23.7 Å². The SMILES string of the molecule is CC(C)Cc1cc2c(s1)SCC(=O)N2CC(=O)NCCc1c[nH]c2ccc(Cl)cc12. The molecule has 2 amide bonds. The highest BCUT2D eigenvalue weighted by Crippen LogP contribution is 2.42. The molecule has 2 aromatic heterocycles. The molecule has 8 heteroatoms. The molecule has 0 saturated heterocycles. The van der Waals surface area contributed by atoms with Gasteiger partial charge in [-0.3, -0.25) is 9.59 Å². The minimum absolute atomic E-state index is 0.0113. The minimum Gasteiger partial charge on any atom is -0.361 e. The molecule has 3 heterocycles.